The number of ketones is 1. The number of carbonyl (C=O) groups excluding carboxylic acids is 1. The van der Waals surface area contributed by atoms with Crippen LogP contribution in [-0.2, 0) is 4.79 Å². The molecule has 0 aromatic carbocycles. The monoisotopic (exact) mass is 271 g/mol. The maximum absolute atomic E-state index is 11.9. The molecule has 2 heterocycles. The summed E-state index contributed by atoms with van der Waals surface area (Å²) in [6, 6.07) is 3.84. The lowest BCUT2D eigenvalue weighted by Crippen LogP contribution is -2.17. The van der Waals surface area contributed by atoms with Crippen LogP contribution in [0.3, 0.4) is 0 Å². The number of pyridine rings is 1. The molecule has 5 nitrogen and oxygen atoms in total. The van der Waals surface area contributed by atoms with Crippen molar-refractivity contribution in [3.05, 3.63) is 29.4 Å². The molecule has 1 fully saturated rings. The summed E-state index contributed by atoms with van der Waals surface area (Å²) in [6.07, 6.45) is 3.45. The molecule has 1 aliphatic rings. The van der Waals surface area contributed by atoms with Crippen LogP contribution in [0.1, 0.15) is 48.9 Å². The Balaban J connectivity index is 1.91. The predicted molar refractivity (Wildman–Crippen MR) is 73.2 cm³/mol. The Morgan fingerprint density at radius 1 is 1.15 bits per heavy atom. The topological polar surface area (TPSA) is 68.9 Å². The highest BCUT2D eigenvalue weighted by Crippen LogP contribution is 2.30. The van der Waals surface area contributed by atoms with Crippen molar-refractivity contribution in [1.82, 2.24) is 15.1 Å². The van der Waals surface area contributed by atoms with Gasteiger partial charge in [-0.2, -0.15) is 4.98 Å². The third-order valence-corrected chi connectivity index (χ3v) is 3.63. The summed E-state index contributed by atoms with van der Waals surface area (Å²) in [5, 5.41) is 4.01. The lowest BCUT2D eigenvalue weighted by molar-refractivity contribution is -0.122. The Kier molecular flexibility index (Phi) is 3.34. The Hall–Kier alpha value is -2.04. The number of Topliss-reactive ketones (excluding diaryl/α,β-unsaturated/α-hetero) is 1. The second kappa shape index (κ2) is 5.15. The highest BCUT2D eigenvalue weighted by atomic mass is 16.5. The van der Waals surface area contributed by atoms with Gasteiger partial charge < -0.3 is 4.52 Å². The van der Waals surface area contributed by atoms with E-state index in [0.717, 1.165) is 36.2 Å². The fraction of sp³-hybridized carbons (Fsp3) is 0.467. The van der Waals surface area contributed by atoms with Crippen LogP contribution in [-0.4, -0.2) is 20.9 Å². The first kappa shape index (κ1) is 13.0. The summed E-state index contributed by atoms with van der Waals surface area (Å²) >= 11 is 0. The zero-order valence-corrected chi connectivity index (χ0v) is 11.7. The number of carbonyl (C=O) groups is 1. The van der Waals surface area contributed by atoms with Gasteiger partial charge in [0.2, 0.25) is 11.7 Å². The molecule has 5 heteroatoms. The number of nitrogens with zero attached hydrogens (tertiary/aromatic N) is 3. The van der Waals surface area contributed by atoms with E-state index in [1.54, 1.807) is 0 Å². The summed E-state index contributed by atoms with van der Waals surface area (Å²) in [4.78, 5) is 20.6. The van der Waals surface area contributed by atoms with Crippen molar-refractivity contribution in [3.63, 3.8) is 0 Å². The smallest absolute Gasteiger partial charge is 0.237 e. The van der Waals surface area contributed by atoms with Gasteiger partial charge in [-0.1, -0.05) is 11.6 Å². The number of aromatic nitrogens is 3. The maximum Gasteiger partial charge on any atom is 0.237 e. The lowest BCUT2D eigenvalue weighted by Gasteiger charge is -2.16. The highest BCUT2D eigenvalue weighted by Gasteiger charge is 2.29. The second-order valence-electron chi connectivity index (χ2n) is 5.36. The molecule has 1 atom stereocenters. The summed E-state index contributed by atoms with van der Waals surface area (Å²) in [6.45, 7) is 3.87. The average molecular weight is 271 g/mol. The molecule has 1 saturated carbocycles. The van der Waals surface area contributed by atoms with E-state index in [1.165, 1.54) is 0 Å². The van der Waals surface area contributed by atoms with Crippen LogP contribution in [0, 0.1) is 13.8 Å². The predicted octanol–water partition coefficient (Wildman–Crippen LogP) is 2.98. The minimum Gasteiger partial charge on any atom is -0.338 e. The van der Waals surface area contributed by atoms with E-state index in [2.05, 4.69) is 15.1 Å². The first-order valence-corrected chi connectivity index (χ1v) is 6.95. The van der Waals surface area contributed by atoms with Crippen LogP contribution in [0.25, 0.3) is 11.4 Å². The SMILES string of the molecule is Cc1cc(-c2noc(C3CCCCC3=O)n2)cc(C)n1. The minimum absolute atomic E-state index is 0.214. The van der Waals surface area contributed by atoms with Crippen molar-refractivity contribution in [2.75, 3.05) is 0 Å². The normalized spacial score (nSPS) is 19.3. The quantitative estimate of drug-likeness (QED) is 0.839. The molecule has 0 saturated heterocycles. The van der Waals surface area contributed by atoms with Gasteiger partial charge in [0.25, 0.3) is 0 Å². The summed E-state index contributed by atoms with van der Waals surface area (Å²) in [5.41, 5.74) is 2.72. The first-order chi connectivity index (χ1) is 9.63. The van der Waals surface area contributed by atoms with Crippen LogP contribution in [0.4, 0.5) is 0 Å². The van der Waals surface area contributed by atoms with Crippen molar-refractivity contribution in [3.8, 4) is 11.4 Å². The van der Waals surface area contributed by atoms with Gasteiger partial charge in [-0.3, -0.25) is 9.78 Å². The minimum atomic E-state index is -0.214. The van der Waals surface area contributed by atoms with Gasteiger partial charge >= 0.3 is 0 Å². The Morgan fingerprint density at radius 2 is 1.90 bits per heavy atom. The average Bonchev–Trinajstić information content (AvgIpc) is 2.87. The lowest BCUT2D eigenvalue weighted by atomic mass is 9.88. The van der Waals surface area contributed by atoms with E-state index in [-0.39, 0.29) is 11.7 Å². The van der Waals surface area contributed by atoms with Gasteiger partial charge in [0.05, 0.1) is 5.92 Å². The van der Waals surface area contributed by atoms with E-state index in [1.807, 2.05) is 26.0 Å². The van der Waals surface area contributed by atoms with E-state index in [0.29, 0.717) is 18.1 Å². The standard InChI is InChI=1S/C15H17N3O2/c1-9-7-11(8-10(2)16-9)14-17-15(20-18-14)12-5-3-4-6-13(12)19/h7-8,12H,3-6H2,1-2H3. The molecule has 104 valence electrons. The second-order valence-corrected chi connectivity index (χ2v) is 5.36. The number of rotatable bonds is 2. The van der Waals surface area contributed by atoms with Crippen LogP contribution < -0.4 is 0 Å². The highest BCUT2D eigenvalue weighted by molar-refractivity contribution is 5.85. The van der Waals surface area contributed by atoms with Crippen molar-refractivity contribution in [2.45, 2.75) is 45.4 Å². The molecule has 0 N–H and O–H groups in total. The summed E-state index contributed by atoms with van der Waals surface area (Å²) in [7, 11) is 0. The van der Waals surface area contributed by atoms with Crippen LogP contribution in [0.15, 0.2) is 16.7 Å². The van der Waals surface area contributed by atoms with Gasteiger partial charge in [-0.05, 0) is 38.8 Å². The number of aryl methyl sites for hydroxylation is 2. The van der Waals surface area contributed by atoms with Crippen LogP contribution in [0.5, 0.6) is 0 Å². The van der Waals surface area contributed by atoms with Crippen molar-refractivity contribution in [1.29, 1.82) is 0 Å². The van der Waals surface area contributed by atoms with Crippen molar-refractivity contribution >= 4 is 5.78 Å². The summed E-state index contributed by atoms with van der Waals surface area (Å²) < 4.78 is 5.31. The molecule has 0 spiro atoms. The Morgan fingerprint density at radius 3 is 2.60 bits per heavy atom. The van der Waals surface area contributed by atoms with Crippen LogP contribution >= 0.6 is 0 Å². The van der Waals surface area contributed by atoms with Gasteiger partial charge in [0.15, 0.2) is 0 Å². The molecule has 1 unspecified atom stereocenters. The fourth-order valence-corrected chi connectivity index (χ4v) is 2.70. The van der Waals surface area contributed by atoms with Gasteiger partial charge in [0.1, 0.15) is 5.78 Å². The van der Waals surface area contributed by atoms with E-state index < -0.39 is 0 Å². The molecule has 20 heavy (non-hydrogen) atoms. The van der Waals surface area contributed by atoms with Crippen LogP contribution in [0.2, 0.25) is 0 Å². The van der Waals surface area contributed by atoms with E-state index >= 15 is 0 Å². The van der Waals surface area contributed by atoms with Gasteiger partial charge in [0, 0.05) is 23.4 Å². The van der Waals surface area contributed by atoms with Crippen molar-refractivity contribution in [2.24, 2.45) is 0 Å². The molecular weight excluding hydrogens is 254 g/mol. The zero-order chi connectivity index (χ0) is 14.1. The molecule has 3 rings (SSSR count). The van der Waals surface area contributed by atoms with E-state index in [9.17, 15) is 4.79 Å². The Bertz CT molecular complexity index is 628. The number of hydrogen-bond donors (Lipinski definition) is 0. The largest absolute Gasteiger partial charge is 0.338 e. The van der Waals surface area contributed by atoms with Gasteiger partial charge in [-0.25, -0.2) is 0 Å². The third kappa shape index (κ3) is 2.48. The molecule has 0 bridgehead atoms. The molecule has 1 aliphatic carbocycles. The maximum atomic E-state index is 11.9. The van der Waals surface area contributed by atoms with E-state index in [4.69, 9.17) is 4.52 Å². The molecule has 2 aromatic heterocycles. The zero-order valence-electron chi connectivity index (χ0n) is 11.7. The molecule has 0 radical (unpaired) electrons. The fourth-order valence-electron chi connectivity index (χ4n) is 2.70. The molecule has 0 aliphatic heterocycles. The van der Waals surface area contributed by atoms with Gasteiger partial charge in [-0.15, -0.1) is 0 Å². The molecule has 2 aromatic rings. The third-order valence-electron chi connectivity index (χ3n) is 3.63. The molecular formula is C15H17N3O2. The van der Waals surface area contributed by atoms with Crippen molar-refractivity contribution < 1.29 is 9.32 Å². The summed E-state index contributed by atoms with van der Waals surface area (Å²) in [5.74, 6) is 0.992. The molecule has 0 amide bonds. The Labute approximate surface area is 117 Å². The first-order valence-electron chi connectivity index (χ1n) is 6.95. The number of hydrogen-bond acceptors (Lipinski definition) is 5.